The second-order valence-corrected chi connectivity index (χ2v) is 6.35. The summed E-state index contributed by atoms with van der Waals surface area (Å²) in [6, 6.07) is 3.37. The topological polar surface area (TPSA) is 75.3 Å². The number of hydrogen-bond acceptors (Lipinski definition) is 3. The molecule has 0 heterocycles. The first-order chi connectivity index (χ1) is 9.26. The number of amides is 1. The zero-order valence-electron chi connectivity index (χ0n) is 11.7. The highest BCUT2D eigenvalue weighted by atomic mass is 32.2. The maximum atomic E-state index is 13.0. The van der Waals surface area contributed by atoms with E-state index in [2.05, 4.69) is 10.0 Å². The Morgan fingerprint density at radius 1 is 1.40 bits per heavy atom. The Bertz CT molecular complexity index is 587. The summed E-state index contributed by atoms with van der Waals surface area (Å²) in [5, 5.41) is 2.65. The Balaban J connectivity index is 2.73. The molecule has 7 heteroatoms. The Labute approximate surface area is 118 Å². The molecule has 0 radical (unpaired) electrons. The number of rotatable bonds is 6. The molecule has 0 aromatic heterocycles. The summed E-state index contributed by atoms with van der Waals surface area (Å²) in [6.45, 7) is 4.90. The number of benzene rings is 1. The van der Waals surface area contributed by atoms with Gasteiger partial charge in [0.05, 0.1) is 11.4 Å². The van der Waals surface area contributed by atoms with Crippen LogP contribution in [-0.2, 0) is 14.8 Å². The van der Waals surface area contributed by atoms with Gasteiger partial charge in [-0.15, -0.1) is 0 Å². The van der Waals surface area contributed by atoms with Gasteiger partial charge in [-0.3, -0.25) is 4.79 Å². The van der Waals surface area contributed by atoms with E-state index in [-0.39, 0.29) is 17.5 Å². The molecule has 5 nitrogen and oxygen atoms in total. The Morgan fingerprint density at radius 2 is 2.05 bits per heavy atom. The molecule has 0 spiro atoms. The molecule has 0 aliphatic carbocycles. The molecular formula is C13H19FN2O3S. The SMILES string of the molecule is CCC(C)NC(=O)CNS(=O)(=O)c1ccc(F)cc1C. The fourth-order valence-electron chi connectivity index (χ4n) is 1.58. The summed E-state index contributed by atoms with van der Waals surface area (Å²) in [6.07, 6.45) is 0.759. The fraction of sp³-hybridized carbons (Fsp3) is 0.462. The number of nitrogens with one attached hydrogen (secondary N) is 2. The Kier molecular flexibility index (Phi) is 5.64. The summed E-state index contributed by atoms with van der Waals surface area (Å²) in [5.74, 6) is -0.904. The van der Waals surface area contributed by atoms with Crippen LogP contribution in [-0.4, -0.2) is 26.9 Å². The molecule has 1 amide bonds. The van der Waals surface area contributed by atoms with Crippen LogP contribution in [0.3, 0.4) is 0 Å². The predicted molar refractivity (Wildman–Crippen MR) is 74.2 cm³/mol. The van der Waals surface area contributed by atoms with Crippen LogP contribution in [0.1, 0.15) is 25.8 Å². The van der Waals surface area contributed by atoms with Crippen LogP contribution < -0.4 is 10.0 Å². The van der Waals surface area contributed by atoms with Crippen LogP contribution in [0.5, 0.6) is 0 Å². The standard InChI is InChI=1S/C13H19FN2O3S/c1-4-10(3)16-13(17)8-15-20(18,19)12-6-5-11(14)7-9(12)2/h5-7,10,15H,4,8H2,1-3H3,(H,16,17). The summed E-state index contributed by atoms with van der Waals surface area (Å²) >= 11 is 0. The van der Waals surface area contributed by atoms with Crippen molar-refractivity contribution in [2.45, 2.75) is 38.1 Å². The first-order valence-electron chi connectivity index (χ1n) is 6.31. The van der Waals surface area contributed by atoms with Crippen molar-refractivity contribution in [2.24, 2.45) is 0 Å². The van der Waals surface area contributed by atoms with E-state index in [1.165, 1.54) is 13.0 Å². The van der Waals surface area contributed by atoms with E-state index in [9.17, 15) is 17.6 Å². The molecule has 0 saturated heterocycles. The average molecular weight is 302 g/mol. The monoisotopic (exact) mass is 302 g/mol. The molecule has 20 heavy (non-hydrogen) atoms. The molecule has 1 aromatic carbocycles. The van der Waals surface area contributed by atoms with E-state index in [1.54, 1.807) is 0 Å². The highest BCUT2D eigenvalue weighted by Gasteiger charge is 2.18. The van der Waals surface area contributed by atoms with E-state index in [1.807, 2.05) is 13.8 Å². The molecule has 1 aromatic rings. The van der Waals surface area contributed by atoms with Crippen LogP contribution in [0.15, 0.2) is 23.1 Å². The van der Waals surface area contributed by atoms with Crippen molar-refractivity contribution in [3.8, 4) is 0 Å². The maximum Gasteiger partial charge on any atom is 0.241 e. The van der Waals surface area contributed by atoms with Crippen molar-refractivity contribution >= 4 is 15.9 Å². The molecule has 0 fully saturated rings. The third kappa shape index (κ3) is 4.57. The molecule has 0 aliphatic rings. The largest absolute Gasteiger partial charge is 0.353 e. The zero-order valence-corrected chi connectivity index (χ0v) is 12.6. The number of carbonyl (C=O) groups is 1. The Morgan fingerprint density at radius 3 is 2.60 bits per heavy atom. The lowest BCUT2D eigenvalue weighted by molar-refractivity contribution is -0.120. The van der Waals surface area contributed by atoms with Gasteiger partial charge in [-0.1, -0.05) is 6.92 Å². The van der Waals surface area contributed by atoms with Crippen molar-refractivity contribution in [2.75, 3.05) is 6.54 Å². The minimum absolute atomic E-state index is 0.0143. The van der Waals surface area contributed by atoms with Crippen LogP contribution in [0.4, 0.5) is 4.39 Å². The van der Waals surface area contributed by atoms with Gasteiger partial charge < -0.3 is 5.32 Å². The first kappa shape index (κ1) is 16.6. The minimum Gasteiger partial charge on any atom is -0.353 e. The van der Waals surface area contributed by atoms with Gasteiger partial charge >= 0.3 is 0 Å². The van der Waals surface area contributed by atoms with Crippen molar-refractivity contribution in [1.29, 1.82) is 0 Å². The van der Waals surface area contributed by atoms with Crippen molar-refractivity contribution in [3.63, 3.8) is 0 Å². The van der Waals surface area contributed by atoms with E-state index in [0.29, 0.717) is 5.56 Å². The molecular weight excluding hydrogens is 283 g/mol. The van der Waals surface area contributed by atoms with Crippen LogP contribution >= 0.6 is 0 Å². The molecule has 0 saturated carbocycles. The molecule has 2 N–H and O–H groups in total. The van der Waals surface area contributed by atoms with Gasteiger partial charge in [0.15, 0.2) is 0 Å². The number of carbonyl (C=O) groups excluding carboxylic acids is 1. The molecule has 1 rings (SSSR count). The number of sulfonamides is 1. The summed E-state index contributed by atoms with van der Waals surface area (Å²) < 4.78 is 39.2. The summed E-state index contributed by atoms with van der Waals surface area (Å²) in [5.41, 5.74) is 0.292. The number of halogens is 1. The van der Waals surface area contributed by atoms with Gasteiger partial charge in [-0.25, -0.2) is 17.5 Å². The zero-order chi connectivity index (χ0) is 15.3. The fourth-order valence-corrected chi connectivity index (χ4v) is 2.79. The van der Waals surface area contributed by atoms with Gasteiger partial charge in [0.1, 0.15) is 5.82 Å². The molecule has 1 atom stereocenters. The third-order valence-electron chi connectivity index (χ3n) is 2.87. The van der Waals surface area contributed by atoms with Crippen molar-refractivity contribution < 1.29 is 17.6 Å². The normalized spacial score (nSPS) is 13.0. The average Bonchev–Trinajstić information content (AvgIpc) is 2.36. The lowest BCUT2D eigenvalue weighted by atomic mass is 10.2. The van der Waals surface area contributed by atoms with E-state index < -0.39 is 21.7 Å². The summed E-state index contributed by atoms with van der Waals surface area (Å²) in [4.78, 5) is 11.5. The minimum atomic E-state index is -3.82. The van der Waals surface area contributed by atoms with Crippen molar-refractivity contribution in [3.05, 3.63) is 29.6 Å². The van der Waals surface area contributed by atoms with Crippen LogP contribution in [0.2, 0.25) is 0 Å². The number of hydrogen-bond donors (Lipinski definition) is 2. The van der Waals surface area contributed by atoms with Crippen molar-refractivity contribution in [1.82, 2.24) is 10.0 Å². The predicted octanol–water partition coefficient (Wildman–Crippen LogP) is 1.33. The van der Waals surface area contributed by atoms with Gasteiger partial charge in [-0.05, 0) is 44.0 Å². The van der Waals surface area contributed by atoms with Gasteiger partial charge in [0.2, 0.25) is 15.9 Å². The maximum absolute atomic E-state index is 13.0. The van der Waals surface area contributed by atoms with E-state index in [4.69, 9.17) is 0 Å². The van der Waals surface area contributed by atoms with E-state index in [0.717, 1.165) is 18.6 Å². The van der Waals surface area contributed by atoms with Gasteiger partial charge in [-0.2, -0.15) is 0 Å². The molecule has 0 aliphatic heterocycles. The number of aryl methyl sites for hydroxylation is 1. The molecule has 1 unspecified atom stereocenters. The lowest BCUT2D eigenvalue weighted by Gasteiger charge is -2.12. The molecule has 0 bridgehead atoms. The highest BCUT2D eigenvalue weighted by Crippen LogP contribution is 2.15. The van der Waals surface area contributed by atoms with Crippen LogP contribution in [0.25, 0.3) is 0 Å². The van der Waals surface area contributed by atoms with Crippen LogP contribution in [0, 0.1) is 12.7 Å². The quantitative estimate of drug-likeness (QED) is 0.832. The summed E-state index contributed by atoms with van der Waals surface area (Å²) in [7, 11) is -3.82. The first-order valence-corrected chi connectivity index (χ1v) is 7.79. The second kappa shape index (κ2) is 6.81. The van der Waals surface area contributed by atoms with Gasteiger partial charge in [0, 0.05) is 6.04 Å². The van der Waals surface area contributed by atoms with E-state index >= 15 is 0 Å². The smallest absolute Gasteiger partial charge is 0.241 e. The lowest BCUT2D eigenvalue weighted by Crippen LogP contribution is -2.40. The molecule has 112 valence electrons. The Hall–Kier alpha value is -1.47. The second-order valence-electron chi connectivity index (χ2n) is 4.61. The third-order valence-corrected chi connectivity index (χ3v) is 4.43. The van der Waals surface area contributed by atoms with Gasteiger partial charge in [0.25, 0.3) is 0 Å². The highest BCUT2D eigenvalue weighted by molar-refractivity contribution is 7.89.